The van der Waals surface area contributed by atoms with Gasteiger partial charge < -0.3 is 16.4 Å². The molecule has 2 heterocycles. The minimum absolute atomic E-state index is 0.146. The van der Waals surface area contributed by atoms with Gasteiger partial charge in [0.15, 0.2) is 0 Å². The standard InChI is InChI=1S/C17H22ClN7O2/c18-15-12(2-1-7-20-15)9-22-17-23-10-14(25(26)27)16(24-17)21-8-11-3-5-13(19)6-4-11/h1-2,7,10-11,13H,3-6,8-9,19H2,(H2,21,22,23,24)/t11-,13-. The first kappa shape index (κ1) is 19.2. The van der Waals surface area contributed by atoms with E-state index in [-0.39, 0.29) is 23.5 Å². The first-order valence-electron chi connectivity index (χ1n) is 8.87. The van der Waals surface area contributed by atoms with Crippen molar-refractivity contribution in [3.63, 3.8) is 0 Å². The fourth-order valence-corrected chi connectivity index (χ4v) is 3.27. The fourth-order valence-electron chi connectivity index (χ4n) is 3.08. The lowest BCUT2D eigenvalue weighted by Gasteiger charge is -2.26. The van der Waals surface area contributed by atoms with Gasteiger partial charge in [0.2, 0.25) is 11.8 Å². The summed E-state index contributed by atoms with van der Waals surface area (Å²) in [5.41, 5.74) is 6.57. The van der Waals surface area contributed by atoms with Gasteiger partial charge in [0.25, 0.3) is 0 Å². The highest BCUT2D eigenvalue weighted by Gasteiger charge is 2.21. The zero-order valence-corrected chi connectivity index (χ0v) is 15.5. The van der Waals surface area contributed by atoms with E-state index < -0.39 is 4.92 Å². The van der Waals surface area contributed by atoms with Crippen molar-refractivity contribution in [2.75, 3.05) is 17.2 Å². The van der Waals surface area contributed by atoms with Crippen molar-refractivity contribution in [1.29, 1.82) is 0 Å². The highest BCUT2D eigenvalue weighted by molar-refractivity contribution is 6.30. The minimum Gasteiger partial charge on any atom is -0.364 e. The molecule has 2 aromatic heterocycles. The zero-order chi connectivity index (χ0) is 19.2. The molecule has 0 aliphatic heterocycles. The number of nitrogens with two attached hydrogens (primary N) is 1. The Morgan fingerprint density at radius 1 is 1.26 bits per heavy atom. The van der Waals surface area contributed by atoms with Gasteiger partial charge in [-0.3, -0.25) is 10.1 Å². The Bertz CT molecular complexity index is 797. The number of halogens is 1. The summed E-state index contributed by atoms with van der Waals surface area (Å²) in [5.74, 6) is 0.934. The van der Waals surface area contributed by atoms with E-state index in [1.54, 1.807) is 12.3 Å². The van der Waals surface area contributed by atoms with E-state index in [4.69, 9.17) is 17.3 Å². The zero-order valence-electron chi connectivity index (χ0n) is 14.8. The van der Waals surface area contributed by atoms with E-state index in [1.165, 1.54) is 6.20 Å². The molecule has 0 atom stereocenters. The molecule has 1 aliphatic carbocycles. The molecule has 0 bridgehead atoms. The number of hydrogen-bond donors (Lipinski definition) is 3. The summed E-state index contributed by atoms with van der Waals surface area (Å²) < 4.78 is 0. The van der Waals surface area contributed by atoms with E-state index in [9.17, 15) is 10.1 Å². The SMILES string of the molecule is N[C@H]1CC[C@H](CNc2nc(NCc3cccnc3Cl)ncc2[N+](=O)[O-])CC1. The quantitative estimate of drug-likeness (QED) is 0.372. The van der Waals surface area contributed by atoms with Crippen LogP contribution in [-0.4, -0.2) is 32.5 Å². The smallest absolute Gasteiger partial charge is 0.329 e. The Hall–Kier alpha value is -2.52. The van der Waals surface area contributed by atoms with Crippen molar-refractivity contribution in [3.8, 4) is 0 Å². The topological polar surface area (TPSA) is 132 Å². The molecule has 1 saturated carbocycles. The lowest BCUT2D eigenvalue weighted by atomic mass is 9.86. The van der Waals surface area contributed by atoms with Crippen LogP contribution in [0.1, 0.15) is 31.2 Å². The maximum absolute atomic E-state index is 11.3. The lowest BCUT2D eigenvalue weighted by molar-refractivity contribution is -0.384. The van der Waals surface area contributed by atoms with Crippen LogP contribution in [0.2, 0.25) is 5.15 Å². The number of nitrogens with zero attached hydrogens (tertiary/aromatic N) is 4. The first-order chi connectivity index (χ1) is 13.0. The molecule has 27 heavy (non-hydrogen) atoms. The second-order valence-electron chi connectivity index (χ2n) is 6.65. The average molecular weight is 392 g/mol. The number of hydrogen-bond acceptors (Lipinski definition) is 8. The van der Waals surface area contributed by atoms with Crippen molar-refractivity contribution in [2.24, 2.45) is 11.7 Å². The third kappa shape index (κ3) is 5.24. The summed E-state index contributed by atoms with van der Waals surface area (Å²) in [5, 5.41) is 17.8. The van der Waals surface area contributed by atoms with Crippen LogP contribution in [0, 0.1) is 16.0 Å². The van der Waals surface area contributed by atoms with E-state index in [1.807, 2.05) is 6.07 Å². The molecule has 1 aliphatic rings. The third-order valence-electron chi connectivity index (χ3n) is 4.69. The van der Waals surface area contributed by atoms with Crippen molar-refractivity contribution < 1.29 is 4.92 Å². The summed E-state index contributed by atoms with van der Waals surface area (Å²) in [6, 6.07) is 3.88. The Morgan fingerprint density at radius 3 is 2.74 bits per heavy atom. The molecule has 0 aromatic carbocycles. The molecule has 3 rings (SSSR count). The Labute approximate surface area is 161 Å². The molecule has 4 N–H and O–H groups in total. The highest BCUT2D eigenvalue weighted by atomic mass is 35.5. The molecule has 10 heteroatoms. The number of rotatable bonds is 7. The van der Waals surface area contributed by atoms with Crippen molar-refractivity contribution >= 4 is 29.1 Å². The molecular formula is C17H22ClN7O2. The third-order valence-corrected chi connectivity index (χ3v) is 5.03. The maximum Gasteiger partial charge on any atom is 0.329 e. The van der Waals surface area contributed by atoms with Crippen LogP contribution in [0.25, 0.3) is 0 Å². The van der Waals surface area contributed by atoms with E-state index in [0.29, 0.717) is 24.2 Å². The average Bonchev–Trinajstić information content (AvgIpc) is 2.67. The molecule has 9 nitrogen and oxygen atoms in total. The molecule has 0 radical (unpaired) electrons. The summed E-state index contributed by atoms with van der Waals surface area (Å²) in [7, 11) is 0. The Morgan fingerprint density at radius 2 is 2.04 bits per heavy atom. The van der Waals surface area contributed by atoms with E-state index in [2.05, 4.69) is 25.6 Å². The Balaban J connectivity index is 1.67. The van der Waals surface area contributed by atoms with Crippen LogP contribution in [-0.2, 0) is 6.54 Å². The molecule has 0 spiro atoms. The normalized spacial score (nSPS) is 19.5. The van der Waals surface area contributed by atoms with Gasteiger partial charge in [0, 0.05) is 30.9 Å². The van der Waals surface area contributed by atoms with E-state index in [0.717, 1.165) is 31.2 Å². The van der Waals surface area contributed by atoms with Gasteiger partial charge in [-0.15, -0.1) is 0 Å². The second kappa shape index (κ2) is 8.92. The second-order valence-corrected chi connectivity index (χ2v) is 7.01. The number of anilines is 2. The maximum atomic E-state index is 11.3. The number of pyridine rings is 1. The van der Waals surface area contributed by atoms with Crippen molar-refractivity contribution in [1.82, 2.24) is 15.0 Å². The highest BCUT2D eigenvalue weighted by Crippen LogP contribution is 2.26. The molecule has 144 valence electrons. The van der Waals surface area contributed by atoms with Gasteiger partial charge in [-0.05, 0) is 37.7 Å². The summed E-state index contributed by atoms with van der Waals surface area (Å²) in [6.07, 6.45) is 6.80. The van der Waals surface area contributed by atoms with Gasteiger partial charge in [-0.25, -0.2) is 9.97 Å². The van der Waals surface area contributed by atoms with Crippen molar-refractivity contribution in [2.45, 2.75) is 38.3 Å². The van der Waals surface area contributed by atoms with Crippen LogP contribution >= 0.6 is 11.6 Å². The minimum atomic E-state index is -0.485. The molecule has 2 aromatic rings. The molecule has 1 fully saturated rings. The van der Waals surface area contributed by atoms with Gasteiger partial charge in [0.1, 0.15) is 11.3 Å². The summed E-state index contributed by atoms with van der Waals surface area (Å²) >= 11 is 6.03. The number of aromatic nitrogens is 3. The predicted octanol–water partition coefficient (Wildman–Crippen LogP) is 2.97. The first-order valence-corrected chi connectivity index (χ1v) is 9.25. The van der Waals surface area contributed by atoms with Crippen molar-refractivity contribution in [3.05, 3.63) is 45.4 Å². The van der Waals surface area contributed by atoms with Gasteiger partial charge in [-0.2, -0.15) is 4.98 Å². The van der Waals surface area contributed by atoms with Crippen LogP contribution in [0.15, 0.2) is 24.5 Å². The molecule has 0 saturated heterocycles. The largest absolute Gasteiger partial charge is 0.364 e. The van der Waals surface area contributed by atoms with Gasteiger partial charge >= 0.3 is 5.69 Å². The number of nitro groups is 1. The van der Waals surface area contributed by atoms with E-state index >= 15 is 0 Å². The van der Waals surface area contributed by atoms with Crippen LogP contribution in [0.3, 0.4) is 0 Å². The lowest BCUT2D eigenvalue weighted by Crippen LogP contribution is -2.29. The van der Waals surface area contributed by atoms with Crippen LogP contribution in [0.5, 0.6) is 0 Å². The van der Waals surface area contributed by atoms with Gasteiger partial charge in [0.05, 0.1) is 4.92 Å². The Kier molecular flexibility index (Phi) is 6.36. The molecule has 0 amide bonds. The molecule has 0 unspecified atom stereocenters. The molecular weight excluding hydrogens is 370 g/mol. The van der Waals surface area contributed by atoms with Gasteiger partial charge in [-0.1, -0.05) is 17.7 Å². The van der Waals surface area contributed by atoms with Crippen LogP contribution < -0.4 is 16.4 Å². The summed E-state index contributed by atoms with van der Waals surface area (Å²) in [6.45, 7) is 0.989. The monoisotopic (exact) mass is 391 g/mol. The predicted molar refractivity (Wildman–Crippen MR) is 104 cm³/mol. The fraction of sp³-hybridized carbons (Fsp3) is 0.471. The number of nitrogens with one attached hydrogen (secondary N) is 2. The summed E-state index contributed by atoms with van der Waals surface area (Å²) in [4.78, 5) is 23.1. The van der Waals surface area contributed by atoms with Crippen LogP contribution in [0.4, 0.5) is 17.5 Å².